The molecule has 1 atom stereocenters. The molecule has 22 heavy (non-hydrogen) atoms. The number of hydrogen-bond donors (Lipinski definition) is 1. The lowest BCUT2D eigenvalue weighted by atomic mass is 10.1. The molecule has 3 rings (SSSR count). The van der Waals surface area contributed by atoms with Crippen LogP contribution in [-0.4, -0.2) is 22.0 Å². The summed E-state index contributed by atoms with van der Waals surface area (Å²) < 4.78 is 2.31. The van der Waals surface area contributed by atoms with E-state index in [4.69, 9.17) is 11.6 Å². The zero-order valence-corrected chi connectivity index (χ0v) is 13.6. The molecule has 0 saturated heterocycles. The lowest BCUT2D eigenvalue weighted by Gasteiger charge is -2.37. The Kier molecular flexibility index (Phi) is 4.12. The number of rotatable bonds is 2. The first kappa shape index (κ1) is 15.0. The molecule has 2 heterocycles. The smallest absolute Gasteiger partial charge is 0.322 e. The summed E-state index contributed by atoms with van der Waals surface area (Å²) in [4.78, 5) is 14.5. The zero-order chi connectivity index (χ0) is 15.7. The Morgan fingerprint density at radius 2 is 1.95 bits per heavy atom. The van der Waals surface area contributed by atoms with Crippen LogP contribution in [0.4, 0.5) is 10.5 Å². The summed E-state index contributed by atoms with van der Waals surface area (Å²) in [5, 5.41) is 3.62. The van der Waals surface area contributed by atoms with Crippen molar-refractivity contribution >= 4 is 23.3 Å². The van der Waals surface area contributed by atoms with Crippen LogP contribution >= 0.6 is 11.6 Å². The van der Waals surface area contributed by atoms with Crippen LogP contribution < -0.4 is 5.32 Å². The van der Waals surface area contributed by atoms with E-state index in [0.29, 0.717) is 5.02 Å². The van der Waals surface area contributed by atoms with Crippen molar-refractivity contribution in [3.63, 3.8) is 0 Å². The highest BCUT2D eigenvalue weighted by Gasteiger charge is 2.30. The standard InChI is InChI=1S/C17H20ClN3O/c1-3-15-16-9-4-12(2)20(16)10-11-21(15)17(22)19-14-7-5-13(18)6-8-14/h4-9,15H,3,10-11H2,1-2H3,(H,19,22)/t15-/m0/s1. The maximum absolute atomic E-state index is 12.6. The molecule has 1 aliphatic rings. The molecule has 5 heteroatoms. The Labute approximate surface area is 135 Å². The maximum atomic E-state index is 12.6. The van der Waals surface area contributed by atoms with Gasteiger partial charge in [0.2, 0.25) is 0 Å². The highest BCUT2D eigenvalue weighted by molar-refractivity contribution is 6.30. The molecular weight excluding hydrogens is 298 g/mol. The topological polar surface area (TPSA) is 37.3 Å². The van der Waals surface area contributed by atoms with Crippen LogP contribution in [0.3, 0.4) is 0 Å². The third-order valence-electron chi connectivity index (χ3n) is 4.26. The number of halogens is 1. The van der Waals surface area contributed by atoms with Crippen molar-refractivity contribution in [2.24, 2.45) is 0 Å². The first-order valence-corrected chi connectivity index (χ1v) is 7.97. The monoisotopic (exact) mass is 317 g/mol. The predicted molar refractivity (Wildman–Crippen MR) is 89.4 cm³/mol. The maximum Gasteiger partial charge on any atom is 0.322 e. The van der Waals surface area contributed by atoms with Gasteiger partial charge in [-0.3, -0.25) is 0 Å². The first-order chi connectivity index (χ1) is 10.6. The summed E-state index contributed by atoms with van der Waals surface area (Å²) in [6.07, 6.45) is 0.900. The van der Waals surface area contributed by atoms with Crippen molar-refractivity contribution in [3.05, 3.63) is 52.8 Å². The number of amides is 2. The quantitative estimate of drug-likeness (QED) is 0.873. The molecule has 1 N–H and O–H groups in total. The Bertz CT molecular complexity index is 678. The van der Waals surface area contributed by atoms with E-state index in [0.717, 1.165) is 25.2 Å². The number of hydrogen-bond acceptors (Lipinski definition) is 1. The minimum atomic E-state index is -0.0562. The van der Waals surface area contributed by atoms with Crippen LogP contribution in [0, 0.1) is 6.92 Å². The van der Waals surface area contributed by atoms with Crippen molar-refractivity contribution < 1.29 is 4.79 Å². The van der Waals surface area contributed by atoms with Gasteiger partial charge in [0.05, 0.1) is 6.04 Å². The van der Waals surface area contributed by atoms with E-state index in [1.54, 1.807) is 12.1 Å². The van der Waals surface area contributed by atoms with Gasteiger partial charge in [0, 0.05) is 35.2 Å². The van der Waals surface area contributed by atoms with Crippen molar-refractivity contribution in [1.29, 1.82) is 0 Å². The molecule has 0 spiro atoms. The molecule has 0 unspecified atom stereocenters. The van der Waals surface area contributed by atoms with Crippen LogP contribution in [0.1, 0.15) is 30.8 Å². The number of aromatic nitrogens is 1. The van der Waals surface area contributed by atoms with Crippen LogP contribution in [-0.2, 0) is 6.54 Å². The average molecular weight is 318 g/mol. The fourth-order valence-electron chi connectivity index (χ4n) is 3.11. The normalized spacial score (nSPS) is 17.2. The van der Waals surface area contributed by atoms with Gasteiger partial charge in [-0.1, -0.05) is 18.5 Å². The second-order valence-electron chi connectivity index (χ2n) is 5.61. The first-order valence-electron chi connectivity index (χ1n) is 7.59. The Hall–Kier alpha value is -1.94. The molecule has 1 aliphatic heterocycles. The highest BCUT2D eigenvalue weighted by Crippen LogP contribution is 2.30. The lowest BCUT2D eigenvalue weighted by molar-refractivity contribution is 0.165. The summed E-state index contributed by atoms with van der Waals surface area (Å²) in [6.45, 7) is 5.80. The van der Waals surface area contributed by atoms with Crippen molar-refractivity contribution in [2.45, 2.75) is 32.9 Å². The summed E-state index contributed by atoms with van der Waals surface area (Å²) in [5.41, 5.74) is 3.24. The molecule has 0 saturated carbocycles. The Morgan fingerprint density at radius 1 is 1.23 bits per heavy atom. The summed E-state index contributed by atoms with van der Waals surface area (Å²) >= 11 is 5.88. The number of urea groups is 1. The van der Waals surface area contributed by atoms with Gasteiger partial charge in [-0.05, 0) is 49.7 Å². The number of aryl methyl sites for hydroxylation is 1. The molecular formula is C17H20ClN3O. The van der Waals surface area contributed by atoms with Gasteiger partial charge in [-0.25, -0.2) is 4.79 Å². The Balaban J connectivity index is 1.79. The van der Waals surface area contributed by atoms with E-state index in [2.05, 4.69) is 35.9 Å². The highest BCUT2D eigenvalue weighted by atomic mass is 35.5. The average Bonchev–Trinajstić information content (AvgIpc) is 2.90. The fraction of sp³-hybridized carbons (Fsp3) is 0.353. The largest absolute Gasteiger partial charge is 0.345 e. The number of benzene rings is 1. The fourth-order valence-corrected chi connectivity index (χ4v) is 3.24. The molecule has 2 amide bonds. The molecule has 116 valence electrons. The van der Waals surface area contributed by atoms with Gasteiger partial charge in [-0.2, -0.15) is 0 Å². The van der Waals surface area contributed by atoms with Crippen LogP contribution in [0.15, 0.2) is 36.4 Å². The van der Waals surface area contributed by atoms with Gasteiger partial charge in [0.25, 0.3) is 0 Å². The molecule has 2 aromatic rings. The second-order valence-corrected chi connectivity index (χ2v) is 6.04. The van der Waals surface area contributed by atoms with Crippen molar-refractivity contribution in [3.8, 4) is 0 Å². The van der Waals surface area contributed by atoms with E-state index in [9.17, 15) is 4.79 Å². The van der Waals surface area contributed by atoms with Crippen LogP contribution in [0.5, 0.6) is 0 Å². The molecule has 0 fully saturated rings. The summed E-state index contributed by atoms with van der Waals surface area (Å²) in [5.74, 6) is 0. The van der Waals surface area contributed by atoms with Crippen LogP contribution in [0.25, 0.3) is 0 Å². The minimum absolute atomic E-state index is 0.0562. The molecule has 0 bridgehead atoms. The minimum Gasteiger partial charge on any atom is -0.345 e. The van der Waals surface area contributed by atoms with Crippen LogP contribution in [0.2, 0.25) is 5.02 Å². The van der Waals surface area contributed by atoms with E-state index in [-0.39, 0.29) is 12.1 Å². The number of nitrogens with one attached hydrogen (secondary N) is 1. The molecule has 0 radical (unpaired) electrons. The zero-order valence-electron chi connectivity index (χ0n) is 12.8. The number of carbonyl (C=O) groups is 1. The van der Waals surface area contributed by atoms with Crippen molar-refractivity contribution in [1.82, 2.24) is 9.47 Å². The third-order valence-corrected chi connectivity index (χ3v) is 4.51. The predicted octanol–water partition coefficient (Wildman–Crippen LogP) is 4.45. The SMILES string of the molecule is CC[C@H]1c2ccc(C)n2CCN1C(=O)Nc1ccc(Cl)cc1. The van der Waals surface area contributed by atoms with Gasteiger partial charge < -0.3 is 14.8 Å². The number of fused-ring (bicyclic) bond motifs is 1. The number of carbonyl (C=O) groups excluding carboxylic acids is 1. The number of nitrogens with zero attached hydrogens (tertiary/aromatic N) is 2. The van der Waals surface area contributed by atoms with Gasteiger partial charge in [-0.15, -0.1) is 0 Å². The summed E-state index contributed by atoms with van der Waals surface area (Å²) in [6, 6.07) is 11.5. The molecule has 4 nitrogen and oxygen atoms in total. The van der Waals surface area contributed by atoms with Gasteiger partial charge >= 0.3 is 6.03 Å². The molecule has 1 aromatic carbocycles. The van der Waals surface area contributed by atoms with Gasteiger partial charge in [0.1, 0.15) is 0 Å². The third kappa shape index (κ3) is 2.71. The summed E-state index contributed by atoms with van der Waals surface area (Å²) in [7, 11) is 0. The van der Waals surface area contributed by atoms with E-state index >= 15 is 0 Å². The van der Waals surface area contributed by atoms with E-state index in [1.165, 1.54) is 11.4 Å². The molecule has 0 aliphatic carbocycles. The molecule has 1 aromatic heterocycles. The second kappa shape index (κ2) is 6.05. The van der Waals surface area contributed by atoms with Crippen molar-refractivity contribution in [2.75, 3.05) is 11.9 Å². The van der Waals surface area contributed by atoms with E-state index in [1.807, 2.05) is 17.0 Å². The van der Waals surface area contributed by atoms with Gasteiger partial charge in [0.15, 0.2) is 0 Å². The van der Waals surface area contributed by atoms with E-state index < -0.39 is 0 Å². The lowest BCUT2D eigenvalue weighted by Crippen LogP contribution is -2.44. The number of anilines is 1. The Morgan fingerprint density at radius 3 is 2.64 bits per heavy atom.